The van der Waals surface area contributed by atoms with E-state index in [1.54, 1.807) is 44.2 Å². The lowest BCUT2D eigenvalue weighted by molar-refractivity contribution is -0.166. The molecule has 312 valence electrons. The van der Waals surface area contributed by atoms with Gasteiger partial charge >= 0.3 is 5.92 Å². The highest BCUT2D eigenvalue weighted by molar-refractivity contribution is 7.90. The van der Waals surface area contributed by atoms with Crippen LogP contribution in [0.25, 0.3) is 0 Å². The SMILES string of the molecule is CC(C)[C@H](NC(=O)c1ccc(C(=O)NS(=O)(=O)c2ccc(Cl)cc2)cc1)C(=O)NCC(=O)N(C1CCCC1)[C@H](C(=O)C(F)(F)C(=O)NCCc1ccccc1)C(C)C. The van der Waals surface area contributed by atoms with Crippen molar-refractivity contribution in [1.82, 2.24) is 25.6 Å². The summed E-state index contributed by atoms with van der Waals surface area (Å²) in [7, 11) is -4.22. The van der Waals surface area contributed by atoms with Crippen LogP contribution in [-0.4, -0.2) is 85.8 Å². The summed E-state index contributed by atoms with van der Waals surface area (Å²) in [5.41, 5.74) is 0.763. The van der Waals surface area contributed by atoms with E-state index in [1.165, 1.54) is 62.4 Å². The summed E-state index contributed by atoms with van der Waals surface area (Å²) in [6.07, 6.45) is 2.51. The number of hydrogen-bond acceptors (Lipinski definition) is 8. The van der Waals surface area contributed by atoms with E-state index in [0.717, 1.165) is 10.5 Å². The van der Waals surface area contributed by atoms with E-state index >= 15 is 8.78 Å². The van der Waals surface area contributed by atoms with Crippen LogP contribution in [0.15, 0.2) is 83.8 Å². The lowest BCUT2D eigenvalue weighted by Gasteiger charge is -2.39. The van der Waals surface area contributed by atoms with Gasteiger partial charge in [0, 0.05) is 28.7 Å². The highest BCUT2D eigenvalue weighted by atomic mass is 35.5. The van der Waals surface area contributed by atoms with Gasteiger partial charge in [-0.2, -0.15) is 8.78 Å². The zero-order valence-corrected chi connectivity index (χ0v) is 34.2. The van der Waals surface area contributed by atoms with Gasteiger partial charge in [-0.05, 0) is 85.2 Å². The molecule has 0 radical (unpaired) electrons. The number of nitrogens with one attached hydrogen (secondary N) is 4. The van der Waals surface area contributed by atoms with E-state index < -0.39 is 87.8 Å². The largest absolute Gasteiger partial charge is 0.383 e. The van der Waals surface area contributed by atoms with Crippen LogP contribution in [0.1, 0.15) is 79.7 Å². The molecular weight excluding hydrogens is 796 g/mol. The lowest BCUT2D eigenvalue weighted by Crippen LogP contribution is -2.61. The molecule has 13 nitrogen and oxygen atoms in total. The third-order valence-corrected chi connectivity index (χ3v) is 11.4. The summed E-state index contributed by atoms with van der Waals surface area (Å²) >= 11 is 5.81. The minimum absolute atomic E-state index is 0.0300. The van der Waals surface area contributed by atoms with E-state index in [2.05, 4.69) is 16.0 Å². The number of carbonyl (C=O) groups excluding carboxylic acids is 6. The third-order valence-electron chi connectivity index (χ3n) is 9.75. The van der Waals surface area contributed by atoms with Crippen molar-refractivity contribution in [3.63, 3.8) is 0 Å². The molecule has 2 atom stereocenters. The van der Waals surface area contributed by atoms with Gasteiger partial charge in [0.15, 0.2) is 0 Å². The maximum atomic E-state index is 15.6. The normalized spacial score (nSPS) is 14.4. The molecule has 1 aliphatic rings. The number of benzene rings is 3. The van der Waals surface area contributed by atoms with Crippen molar-refractivity contribution >= 4 is 56.9 Å². The Morgan fingerprint density at radius 2 is 1.36 bits per heavy atom. The van der Waals surface area contributed by atoms with E-state index in [9.17, 15) is 37.2 Å². The Morgan fingerprint density at radius 3 is 1.91 bits per heavy atom. The van der Waals surface area contributed by atoms with Gasteiger partial charge < -0.3 is 20.9 Å². The van der Waals surface area contributed by atoms with Crippen LogP contribution in [0, 0.1) is 11.8 Å². The molecule has 17 heteroatoms. The summed E-state index contributed by atoms with van der Waals surface area (Å²) in [5, 5.41) is 7.53. The fourth-order valence-corrected chi connectivity index (χ4v) is 7.74. The minimum Gasteiger partial charge on any atom is -0.350 e. The number of Topliss-reactive ketones (excluding diaryl/α,β-unsaturated/α-hetero) is 1. The van der Waals surface area contributed by atoms with Crippen LogP contribution >= 0.6 is 11.6 Å². The van der Waals surface area contributed by atoms with Crippen LogP contribution in [0.5, 0.6) is 0 Å². The highest BCUT2D eigenvalue weighted by Crippen LogP contribution is 2.31. The van der Waals surface area contributed by atoms with Crippen LogP contribution in [0.4, 0.5) is 8.78 Å². The Labute approximate surface area is 341 Å². The van der Waals surface area contributed by atoms with Crippen molar-refractivity contribution in [3.05, 3.63) is 101 Å². The first kappa shape index (κ1) is 45.5. The molecule has 1 fully saturated rings. The van der Waals surface area contributed by atoms with Crippen molar-refractivity contribution in [1.29, 1.82) is 0 Å². The first-order valence-corrected chi connectivity index (χ1v) is 20.8. The van der Waals surface area contributed by atoms with Gasteiger partial charge in [0.1, 0.15) is 6.04 Å². The number of halogens is 3. The summed E-state index contributed by atoms with van der Waals surface area (Å²) < 4.78 is 58.3. The molecular formula is C41H48ClF2N5O8S. The molecule has 0 aliphatic heterocycles. The zero-order valence-electron chi connectivity index (χ0n) is 32.6. The number of nitrogens with zero attached hydrogens (tertiary/aromatic N) is 1. The zero-order chi connectivity index (χ0) is 42.8. The number of ketones is 1. The van der Waals surface area contributed by atoms with Gasteiger partial charge in [0.2, 0.25) is 17.6 Å². The Hall–Kier alpha value is -5.22. The fraction of sp³-hybridized carbons (Fsp3) is 0.415. The van der Waals surface area contributed by atoms with Gasteiger partial charge in [0.05, 0.1) is 17.5 Å². The smallest absolute Gasteiger partial charge is 0.350 e. The molecule has 4 rings (SSSR count). The Bertz CT molecular complexity index is 2060. The molecule has 5 amide bonds. The maximum Gasteiger partial charge on any atom is 0.383 e. The molecule has 3 aromatic rings. The van der Waals surface area contributed by atoms with E-state index in [1.807, 2.05) is 4.72 Å². The van der Waals surface area contributed by atoms with Crippen molar-refractivity contribution in [3.8, 4) is 0 Å². The Morgan fingerprint density at radius 1 is 0.793 bits per heavy atom. The van der Waals surface area contributed by atoms with Crippen LogP contribution in [0.2, 0.25) is 5.02 Å². The molecule has 1 saturated carbocycles. The van der Waals surface area contributed by atoms with Crippen LogP contribution < -0.4 is 20.7 Å². The summed E-state index contributed by atoms with van der Waals surface area (Å²) in [5.74, 6) is -12.5. The van der Waals surface area contributed by atoms with Gasteiger partial charge in [0.25, 0.3) is 27.7 Å². The van der Waals surface area contributed by atoms with Gasteiger partial charge in [-0.1, -0.05) is 82.5 Å². The van der Waals surface area contributed by atoms with Gasteiger partial charge in [-0.15, -0.1) is 0 Å². The summed E-state index contributed by atoms with van der Waals surface area (Å²) in [6, 6.07) is 15.6. The fourth-order valence-electron chi connectivity index (χ4n) is 6.64. The van der Waals surface area contributed by atoms with Crippen molar-refractivity contribution in [2.24, 2.45) is 11.8 Å². The Kier molecular flexibility index (Phi) is 15.7. The lowest BCUT2D eigenvalue weighted by atomic mass is 9.91. The molecule has 1 aliphatic carbocycles. The highest BCUT2D eigenvalue weighted by Gasteiger charge is 2.53. The Balaban J connectivity index is 1.41. The number of hydrogen-bond donors (Lipinski definition) is 4. The standard InChI is InChI=1S/C41H48ClF2N5O8S/c1-25(2)34(47-37(52)28-14-16-29(17-15-28)38(53)48-58(56,57)32-20-18-30(42)19-21-32)39(54)46-24-33(50)49(31-12-8-9-13-31)35(26(3)4)36(51)41(43,44)40(55)45-23-22-27-10-6-5-7-11-27/h5-7,10-11,14-21,25-26,31,34-35H,8-9,12-13,22-24H2,1-4H3,(H,45,55)(H,46,54)(H,47,52)(H,48,53)/t34-,35-/m0/s1. The molecule has 4 N–H and O–H groups in total. The average Bonchev–Trinajstić information content (AvgIpc) is 3.72. The maximum absolute atomic E-state index is 15.6. The number of rotatable bonds is 18. The van der Waals surface area contributed by atoms with Gasteiger partial charge in [-0.25, -0.2) is 13.1 Å². The predicted molar refractivity (Wildman–Crippen MR) is 212 cm³/mol. The molecule has 0 bridgehead atoms. The number of carbonyl (C=O) groups is 6. The van der Waals surface area contributed by atoms with Gasteiger partial charge in [-0.3, -0.25) is 28.8 Å². The van der Waals surface area contributed by atoms with Crippen LogP contribution in [0.3, 0.4) is 0 Å². The molecule has 0 aromatic heterocycles. The van der Waals surface area contributed by atoms with E-state index in [-0.39, 0.29) is 29.0 Å². The molecule has 3 aromatic carbocycles. The van der Waals surface area contributed by atoms with E-state index in [4.69, 9.17) is 11.6 Å². The molecule has 58 heavy (non-hydrogen) atoms. The summed E-state index contributed by atoms with van der Waals surface area (Å²) in [6.45, 7) is 5.49. The first-order chi connectivity index (χ1) is 27.3. The van der Waals surface area contributed by atoms with E-state index in [0.29, 0.717) is 30.7 Å². The molecule has 0 spiro atoms. The van der Waals surface area contributed by atoms with Crippen molar-refractivity contribution in [2.45, 2.75) is 88.7 Å². The number of alkyl halides is 2. The topological polar surface area (TPSA) is 188 Å². The first-order valence-electron chi connectivity index (χ1n) is 18.9. The summed E-state index contributed by atoms with van der Waals surface area (Å²) in [4.78, 5) is 80.4. The molecule has 0 unspecified atom stereocenters. The van der Waals surface area contributed by atoms with Crippen molar-refractivity contribution < 1.29 is 46.0 Å². The molecule has 0 saturated heterocycles. The second-order valence-corrected chi connectivity index (χ2v) is 16.9. The van der Waals surface area contributed by atoms with Crippen molar-refractivity contribution in [2.75, 3.05) is 13.1 Å². The second kappa shape index (κ2) is 20.0. The van der Waals surface area contributed by atoms with Crippen LogP contribution in [-0.2, 0) is 35.6 Å². The predicted octanol–water partition coefficient (Wildman–Crippen LogP) is 4.69. The second-order valence-electron chi connectivity index (χ2n) is 14.7. The quantitative estimate of drug-likeness (QED) is 0.133. The number of sulfonamides is 1. The monoisotopic (exact) mass is 843 g/mol. The number of amides is 5. The molecule has 0 heterocycles. The average molecular weight is 844 g/mol. The third kappa shape index (κ3) is 11.7. The minimum atomic E-state index is -4.45.